The van der Waals surface area contributed by atoms with Gasteiger partial charge in [-0.3, -0.25) is 0 Å². The van der Waals surface area contributed by atoms with E-state index in [1.165, 1.54) is 12.4 Å². The Hall–Kier alpha value is -2.16. The Balaban J connectivity index is 1.94. The number of nitriles is 1. The van der Waals surface area contributed by atoms with Crippen molar-refractivity contribution < 1.29 is 5.11 Å². The number of hydrogen-bond donors (Lipinski definition) is 2. The van der Waals surface area contributed by atoms with Gasteiger partial charge in [-0.2, -0.15) is 5.26 Å². The topological polar surface area (TPSA) is 81.8 Å². The number of halogens is 1. The van der Waals surface area contributed by atoms with E-state index in [2.05, 4.69) is 15.3 Å². The molecule has 2 rings (SSSR count). The van der Waals surface area contributed by atoms with Crippen LogP contribution in [0.5, 0.6) is 0 Å². The van der Waals surface area contributed by atoms with Gasteiger partial charge in [0.1, 0.15) is 11.9 Å². The van der Waals surface area contributed by atoms with Crippen LogP contribution in [-0.2, 0) is 0 Å². The normalized spacial score (nSPS) is 11.6. The van der Waals surface area contributed by atoms with E-state index in [1.54, 1.807) is 24.3 Å². The first-order valence-electron chi connectivity index (χ1n) is 5.58. The predicted molar refractivity (Wildman–Crippen MR) is 71.6 cm³/mol. The number of aliphatic hydroxyl groups excluding tert-OH is 1. The van der Waals surface area contributed by atoms with E-state index in [1.807, 2.05) is 6.07 Å². The lowest BCUT2D eigenvalue weighted by Gasteiger charge is -2.12. The highest BCUT2D eigenvalue weighted by Gasteiger charge is 2.07. The summed E-state index contributed by atoms with van der Waals surface area (Å²) in [5, 5.41) is 22.1. The second kappa shape index (κ2) is 6.14. The zero-order chi connectivity index (χ0) is 13.7. The Bertz CT molecular complexity index is 577. The number of nitrogens with one attached hydrogen (secondary N) is 1. The SMILES string of the molecule is N#Cc1cnc(NCC(O)c2ccc(Cl)cc2)cn1. The van der Waals surface area contributed by atoms with Crippen LogP contribution in [0.2, 0.25) is 5.02 Å². The molecule has 0 bridgehead atoms. The minimum Gasteiger partial charge on any atom is -0.387 e. The van der Waals surface area contributed by atoms with E-state index in [9.17, 15) is 5.11 Å². The van der Waals surface area contributed by atoms with Crippen LogP contribution in [0.4, 0.5) is 5.82 Å². The molecule has 6 heteroatoms. The smallest absolute Gasteiger partial charge is 0.158 e. The largest absolute Gasteiger partial charge is 0.387 e. The highest BCUT2D eigenvalue weighted by molar-refractivity contribution is 6.30. The molecule has 0 spiro atoms. The molecule has 1 atom stereocenters. The summed E-state index contributed by atoms with van der Waals surface area (Å²) in [6.07, 6.45) is 2.15. The molecular weight excluding hydrogens is 264 g/mol. The Kier molecular flexibility index (Phi) is 4.29. The van der Waals surface area contributed by atoms with E-state index in [-0.39, 0.29) is 5.69 Å². The maximum absolute atomic E-state index is 9.97. The fourth-order valence-corrected chi connectivity index (χ4v) is 1.61. The molecule has 0 amide bonds. The summed E-state index contributed by atoms with van der Waals surface area (Å²) < 4.78 is 0. The van der Waals surface area contributed by atoms with Crippen molar-refractivity contribution in [3.63, 3.8) is 0 Å². The molecule has 1 aromatic heterocycles. The summed E-state index contributed by atoms with van der Waals surface area (Å²) in [6, 6.07) is 8.86. The second-order valence-corrected chi connectivity index (χ2v) is 4.28. The van der Waals surface area contributed by atoms with E-state index in [0.717, 1.165) is 5.56 Å². The van der Waals surface area contributed by atoms with Gasteiger partial charge >= 0.3 is 0 Å². The van der Waals surface area contributed by atoms with Gasteiger partial charge in [-0.05, 0) is 17.7 Å². The zero-order valence-corrected chi connectivity index (χ0v) is 10.7. The van der Waals surface area contributed by atoms with Crippen molar-refractivity contribution in [2.24, 2.45) is 0 Å². The maximum atomic E-state index is 9.97. The third-order valence-electron chi connectivity index (χ3n) is 2.50. The van der Waals surface area contributed by atoms with Crippen molar-refractivity contribution >= 4 is 17.4 Å². The Morgan fingerprint density at radius 3 is 2.58 bits per heavy atom. The van der Waals surface area contributed by atoms with Crippen molar-refractivity contribution in [1.82, 2.24) is 9.97 Å². The Morgan fingerprint density at radius 1 is 1.26 bits per heavy atom. The monoisotopic (exact) mass is 274 g/mol. The van der Waals surface area contributed by atoms with E-state index in [0.29, 0.717) is 17.4 Å². The van der Waals surface area contributed by atoms with Crippen LogP contribution in [0.1, 0.15) is 17.4 Å². The molecule has 1 heterocycles. The molecule has 0 fully saturated rings. The van der Waals surface area contributed by atoms with Crippen LogP contribution in [0.25, 0.3) is 0 Å². The molecule has 0 saturated heterocycles. The summed E-state index contributed by atoms with van der Waals surface area (Å²) in [7, 11) is 0. The van der Waals surface area contributed by atoms with Gasteiger partial charge < -0.3 is 10.4 Å². The van der Waals surface area contributed by atoms with Crippen molar-refractivity contribution in [3.8, 4) is 6.07 Å². The molecule has 96 valence electrons. The summed E-state index contributed by atoms with van der Waals surface area (Å²) in [5.74, 6) is 0.506. The molecule has 1 aromatic carbocycles. The number of benzene rings is 1. The minimum absolute atomic E-state index is 0.254. The number of anilines is 1. The van der Waals surface area contributed by atoms with Crippen molar-refractivity contribution in [3.05, 3.63) is 52.9 Å². The Morgan fingerprint density at radius 2 is 2.00 bits per heavy atom. The van der Waals surface area contributed by atoms with Gasteiger partial charge in [-0.15, -0.1) is 0 Å². The molecule has 0 aliphatic carbocycles. The number of hydrogen-bond acceptors (Lipinski definition) is 5. The third kappa shape index (κ3) is 3.65. The number of aromatic nitrogens is 2. The molecule has 0 saturated carbocycles. The van der Waals surface area contributed by atoms with Gasteiger partial charge in [-0.25, -0.2) is 9.97 Å². The third-order valence-corrected chi connectivity index (χ3v) is 2.75. The van der Waals surface area contributed by atoms with Crippen LogP contribution in [-0.4, -0.2) is 21.6 Å². The van der Waals surface area contributed by atoms with E-state index < -0.39 is 6.10 Å². The van der Waals surface area contributed by atoms with Crippen LogP contribution >= 0.6 is 11.6 Å². The quantitative estimate of drug-likeness (QED) is 0.893. The first-order chi connectivity index (χ1) is 9.19. The predicted octanol–water partition coefficient (Wildman–Crippen LogP) is 2.15. The summed E-state index contributed by atoms with van der Waals surface area (Å²) in [6.45, 7) is 0.294. The number of aliphatic hydroxyl groups is 1. The van der Waals surface area contributed by atoms with Crippen LogP contribution in [0, 0.1) is 11.3 Å². The molecule has 2 N–H and O–H groups in total. The van der Waals surface area contributed by atoms with Crippen molar-refractivity contribution in [1.29, 1.82) is 5.26 Å². The Labute approximate surface area is 115 Å². The van der Waals surface area contributed by atoms with Gasteiger partial charge in [0.05, 0.1) is 18.5 Å². The summed E-state index contributed by atoms with van der Waals surface area (Å²) in [4.78, 5) is 7.88. The average Bonchev–Trinajstić information content (AvgIpc) is 2.46. The summed E-state index contributed by atoms with van der Waals surface area (Å²) >= 11 is 5.78. The average molecular weight is 275 g/mol. The van der Waals surface area contributed by atoms with Crippen molar-refractivity contribution in [2.45, 2.75) is 6.10 Å². The minimum atomic E-state index is -0.672. The van der Waals surface area contributed by atoms with Crippen LogP contribution < -0.4 is 5.32 Å². The molecule has 0 aliphatic rings. The molecular formula is C13H11ClN4O. The van der Waals surface area contributed by atoms with Gasteiger partial charge in [0.15, 0.2) is 5.69 Å². The van der Waals surface area contributed by atoms with E-state index in [4.69, 9.17) is 16.9 Å². The first kappa shape index (κ1) is 13.3. The molecule has 0 aliphatic heterocycles. The fraction of sp³-hybridized carbons (Fsp3) is 0.154. The highest BCUT2D eigenvalue weighted by Crippen LogP contribution is 2.16. The lowest BCUT2D eigenvalue weighted by Crippen LogP contribution is -2.13. The lowest BCUT2D eigenvalue weighted by molar-refractivity contribution is 0.191. The first-order valence-corrected chi connectivity index (χ1v) is 5.96. The van der Waals surface area contributed by atoms with Gasteiger partial charge in [0.25, 0.3) is 0 Å². The molecule has 19 heavy (non-hydrogen) atoms. The van der Waals surface area contributed by atoms with Gasteiger partial charge in [0.2, 0.25) is 0 Å². The van der Waals surface area contributed by atoms with Gasteiger partial charge in [-0.1, -0.05) is 23.7 Å². The van der Waals surface area contributed by atoms with Crippen LogP contribution in [0.15, 0.2) is 36.7 Å². The summed E-state index contributed by atoms with van der Waals surface area (Å²) in [5.41, 5.74) is 1.02. The molecule has 1 unspecified atom stereocenters. The molecule has 2 aromatic rings. The number of rotatable bonds is 4. The second-order valence-electron chi connectivity index (χ2n) is 3.85. The highest BCUT2D eigenvalue weighted by atomic mass is 35.5. The van der Waals surface area contributed by atoms with Gasteiger partial charge in [0, 0.05) is 11.6 Å². The number of nitrogens with zero attached hydrogens (tertiary/aromatic N) is 3. The molecule has 0 radical (unpaired) electrons. The van der Waals surface area contributed by atoms with Crippen LogP contribution in [0.3, 0.4) is 0 Å². The fourth-order valence-electron chi connectivity index (χ4n) is 1.48. The van der Waals surface area contributed by atoms with E-state index >= 15 is 0 Å². The van der Waals surface area contributed by atoms with Crippen molar-refractivity contribution in [2.75, 3.05) is 11.9 Å². The zero-order valence-electron chi connectivity index (χ0n) is 9.92. The standard InChI is InChI=1S/C13H11ClN4O/c14-10-3-1-9(2-4-10)12(19)7-18-13-8-16-11(5-15)6-17-13/h1-4,6,8,12,19H,7H2,(H,17,18). The lowest BCUT2D eigenvalue weighted by atomic mass is 10.1. The molecule has 5 nitrogen and oxygen atoms in total. The maximum Gasteiger partial charge on any atom is 0.158 e.